The number of halogens is 2. The number of aromatic nitrogens is 5. The molecule has 0 aliphatic carbocycles. The number of thioether (sulfide) groups is 1. The molecule has 0 unspecified atom stereocenters. The van der Waals surface area contributed by atoms with E-state index in [1.54, 1.807) is 23.1 Å². The summed E-state index contributed by atoms with van der Waals surface area (Å²) >= 11 is 4.57. The molecule has 0 saturated carbocycles. The van der Waals surface area contributed by atoms with Crippen molar-refractivity contribution in [3.8, 4) is 0 Å². The molecule has 132 valence electrons. The van der Waals surface area contributed by atoms with Gasteiger partial charge in [0.2, 0.25) is 0 Å². The molecule has 0 saturated heterocycles. The molecule has 3 N–H and O–H groups in total. The fraction of sp³-hybridized carbons (Fsp3) is 0.214. The summed E-state index contributed by atoms with van der Waals surface area (Å²) in [6.45, 7) is 0.662. The second-order valence-electron chi connectivity index (χ2n) is 4.83. The molecule has 3 aromatic rings. The topological polar surface area (TPSA) is 125 Å². The predicted molar refractivity (Wildman–Crippen MR) is 93.3 cm³/mol. The van der Waals surface area contributed by atoms with Crippen LogP contribution in [0.3, 0.4) is 0 Å². The molecule has 2 aromatic heterocycles. The molecule has 0 radical (unpaired) electrons. The normalized spacial score (nSPS) is 10.5. The molecule has 8 nitrogen and oxygen atoms in total. The Morgan fingerprint density at radius 2 is 2.20 bits per heavy atom. The van der Waals surface area contributed by atoms with Gasteiger partial charge >= 0.3 is 0 Å². The molecule has 0 amide bonds. The molecular formula is C14H14BrFN6O2S. The Morgan fingerprint density at radius 1 is 1.36 bits per heavy atom. The van der Waals surface area contributed by atoms with E-state index >= 15 is 0 Å². The van der Waals surface area contributed by atoms with Crippen LogP contribution in [0.15, 0.2) is 45.0 Å². The van der Waals surface area contributed by atoms with Crippen molar-refractivity contribution in [2.75, 3.05) is 5.75 Å². The van der Waals surface area contributed by atoms with E-state index in [2.05, 4.69) is 36.3 Å². The van der Waals surface area contributed by atoms with Crippen molar-refractivity contribution in [3.05, 3.63) is 52.4 Å². The lowest BCUT2D eigenvalue weighted by Gasteiger charge is -2.04. The van der Waals surface area contributed by atoms with Crippen molar-refractivity contribution >= 4 is 33.4 Å². The van der Waals surface area contributed by atoms with Crippen molar-refractivity contribution in [1.29, 1.82) is 5.41 Å². The third kappa shape index (κ3) is 4.94. The molecule has 2 heterocycles. The van der Waals surface area contributed by atoms with Crippen LogP contribution < -0.4 is 0 Å². The predicted octanol–water partition coefficient (Wildman–Crippen LogP) is 2.14. The number of hydrogen-bond acceptors (Lipinski definition) is 7. The van der Waals surface area contributed by atoms with Gasteiger partial charge in [-0.3, -0.25) is 4.68 Å². The van der Waals surface area contributed by atoms with Crippen LogP contribution in [0.5, 0.6) is 0 Å². The van der Waals surface area contributed by atoms with Crippen LogP contribution in [0, 0.1) is 11.2 Å². The van der Waals surface area contributed by atoms with Crippen molar-refractivity contribution in [1.82, 2.24) is 25.1 Å². The Labute approximate surface area is 154 Å². The molecule has 1 aromatic carbocycles. The van der Waals surface area contributed by atoms with Crippen LogP contribution in [0.4, 0.5) is 4.39 Å². The minimum atomic E-state index is -0.335. The summed E-state index contributed by atoms with van der Waals surface area (Å²) in [5.41, 5.74) is 1.46. The summed E-state index contributed by atoms with van der Waals surface area (Å²) < 4.78 is 20.1. The zero-order chi connectivity index (χ0) is 16.9. The molecule has 0 aliphatic heterocycles. The summed E-state index contributed by atoms with van der Waals surface area (Å²) in [7, 11) is 0. The first-order chi connectivity index (χ1) is 11.6. The van der Waals surface area contributed by atoms with Gasteiger partial charge in [0.1, 0.15) is 18.5 Å². The van der Waals surface area contributed by atoms with E-state index in [0.29, 0.717) is 33.9 Å². The van der Waals surface area contributed by atoms with Gasteiger partial charge in [0.05, 0.1) is 16.7 Å². The molecule has 0 aliphatic rings. The van der Waals surface area contributed by atoms with Gasteiger partial charge in [-0.2, -0.15) is 5.10 Å². The highest BCUT2D eigenvalue weighted by molar-refractivity contribution is 9.10. The largest absolute Gasteiger partial charge is 0.412 e. The maximum atomic E-state index is 13.3. The molecule has 0 spiro atoms. The Bertz CT molecular complexity index is 842. The number of hydrogen-bond donors (Lipinski definition) is 1. The van der Waals surface area contributed by atoms with Crippen molar-refractivity contribution < 1.29 is 14.5 Å². The average Bonchev–Trinajstić information content (AvgIpc) is 3.22. The Kier molecular flexibility index (Phi) is 6.79. The lowest BCUT2D eigenvalue weighted by atomic mass is 10.1. The van der Waals surface area contributed by atoms with Gasteiger partial charge in [0.15, 0.2) is 10.7 Å². The van der Waals surface area contributed by atoms with Gasteiger partial charge in [0, 0.05) is 12.2 Å². The second-order valence-corrected chi connectivity index (χ2v) is 6.77. The standard InChI is InChI=1S/C14H12BrFN6OS.H2O/c15-10-5-9(1-2-11(10)16)6-12(17)13-14(21-23-20-13)24-4-3-22-8-18-7-19-22;/h1-2,5,7-8,17H,3-4,6H2;1H2. The number of rotatable bonds is 7. The highest BCUT2D eigenvalue weighted by Crippen LogP contribution is 2.22. The molecule has 0 fully saturated rings. The summed E-state index contributed by atoms with van der Waals surface area (Å²) in [5.74, 6) is 0.359. The van der Waals surface area contributed by atoms with E-state index in [1.807, 2.05) is 0 Å². The monoisotopic (exact) mass is 428 g/mol. The summed E-state index contributed by atoms with van der Waals surface area (Å²) in [6, 6.07) is 4.65. The van der Waals surface area contributed by atoms with E-state index in [9.17, 15) is 4.39 Å². The molecular weight excluding hydrogens is 415 g/mol. The third-order valence-electron chi connectivity index (χ3n) is 3.13. The van der Waals surface area contributed by atoms with Crippen molar-refractivity contribution in [2.24, 2.45) is 0 Å². The zero-order valence-electron chi connectivity index (χ0n) is 12.8. The quantitative estimate of drug-likeness (QED) is 0.453. The smallest absolute Gasteiger partial charge is 0.170 e. The number of aryl methyl sites for hydroxylation is 1. The van der Waals surface area contributed by atoms with Crippen LogP contribution in [-0.4, -0.2) is 42.0 Å². The maximum Gasteiger partial charge on any atom is 0.170 e. The van der Waals surface area contributed by atoms with E-state index in [1.165, 1.54) is 24.2 Å². The number of nitrogens with zero attached hydrogens (tertiary/aromatic N) is 5. The lowest BCUT2D eigenvalue weighted by Crippen LogP contribution is -2.07. The highest BCUT2D eigenvalue weighted by Gasteiger charge is 2.16. The SMILES string of the molecule is N=C(Cc1ccc(F)c(Br)c1)c1nonc1SCCn1cncn1.O. The first-order valence-electron chi connectivity index (χ1n) is 6.93. The van der Waals surface area contributed by atoms with Crippen LogP contribution in [0.25, 0.3) is 0 Å². The Morgan fingerprint density at radius 3 is 2.92 bits per heavy atom. The molecule has 25 heavy (non-hydrogen) atoms. The molecule has 11 heteroatoms. The van der Waals surface area contributed by atoms with Gasteiger partial charge in [-0.15, -0.1) is 0 Å². The van der Waals surface area contributed by atoms with Crippen molar-refractivity contribution in [3.63, 3.8) is 0 Å². The molecule has 0 bridgehead atoms. The fourth-order valence-corrected chi connectivity index (χ4v) is 3.26. The van der Waals surface area contributed by atoms with Gasteiger partial charge in [-0.1, -0.05) is 17.8 Å². The van der Waals surface area contributed by atoms with Gasteiger partial charge in [0.25, 0.3) is 0 Å². The van der Waals surface area contributed by atoms with E-state index < -0.39 is 0 Å². The number of nitrogens with one attached hydrogen (secondary N) is 1. The van der Waals surface area contributed by atoms with E-state index in [-0.39, 0.29) is 17.0 Å². The molecule has 0 atom stereocenters. The minimum Gasteiger partial charge on any atom is -0.412 e. The van der Waals surface area contributed by atoms with Crippen LogP contribution in [-0.2, 0) is 13.0 Å². The zero-order valence-corrected chi connectivity index (χ0v) is 15.2. The fourth-order valence-electron chi connectivity index (χ4n) is 1.98. The minimum absolute atomic E-state index is 0. The summed E-state index contributed by atoms with van der Waals surface area (Å²) in [4.78, 5) is 3.88. The van der Waals surface area contributed by atoms with Crippen molar-refractivity contribution in [2.45, 2.75) is 18.0 Å². The summed E-state index contributed by atoms with van der Waals surface area (Å²) in [6.07, 6.45) is 3.42. The first-order valence-corrected chi connectivity index (χ1v) is 8.71. The van der Waals surface area contributed by atoms with Gasteiger partial charge in [-0.05, 0) is 43.9 Å². The van der Waals surface area contributed by atoms with Crippen LogP contribution >= 0.6 is 27.7 Å². The third-order valence-corrected chi connectivity index (χ3v) is 4.67. The lowest BCUT2D eigenvalue weighted by molar-refractivity contribution is 0.298. The average molecular weight is 429 g/mol. The molecule has 3 rings (SSSR count). The van der Waals surface area contributed by atoms with Crippen LogP contribution in [0.2, 0.25) is 0 Å². The number of benzene rings is 1. The Balaban J connectivity index is 0.00000225. The van der Waals surface area contributed by atoms with Crippen LogP contribution in [0.1, 0.15) is 11.3 Å². The van der Waals surface area contributed by atoms with E-state index in [4.69, 9.17) is 10.0 Å². The highest BCUT2D eigenvalue weighted by atomic mass is 79.9. The maximum absolute atomic E-state index is 13.3. The van der Waals surface area contributed by atoms with Gasteiger partial charge < -0.3 is 10.9 Å². The second kappa shape index (κ2) is 8.83. The first kappa shape index (κ1) is 19.2. The van der Waals surface area contributed by atoms with Gasteiger partial charge in [-0.25, -0.2) is 14.0 Å². The summed E-state index contributed by atoms with van der Waals surface area (Å²) in [5, 5.41) is 20.5. The van der Waals surface area contributed by atoms with E-state index in [0.717, 1.165) is 5.56 Å². The Hall–Kier alpha value is -2.11.